The van der Waals surface area contributed by atoms with E-state index in [1.807, 2.05) is 6.92 Å². The van der Waals surface area contributed by atoms with E-state index in [2.05, 4.69) is 5.32 Å². The first kappa shape index (κ1) is 11.8. The fourth-order valence-corrected chi connectivity index (χ4v) is 0.891. The van der Waals surface area contributed by atoms with Gasteiger partial charge in [-0.2, -0.15) is 0 Å². The Kier molecular flexibility index (Phi) is 7.39. The zero-order valence-electron chi connectivity index (χ0n) is 7.66. The molecular weight excluding hydrogens is 156 g/mol. The molecule has 0 aliphatic rings. The second-order valence-corrected chi connectivity index (χ2v) is 2.94. The molecule has 0 rings (SSSR count). The standard InChI is InChI=1S/C8H20N2O2/c1-2-8(12)10-6-4-3-5-7(9)11/h7-8,10-12H,2-6,9H2,1H3. The zero-order valence-corrected chi connectivity index (χ0v) is 7.66. The molecule has 2 unspecified atom stereocenters. The third-order valence-corrected chi connectivity index (χ3v) is 1.69. The highest BCUT2D eigenvalue weighted by atomic mass is 16.3. The summed E-state index contributed by atoms with van der Waals surface area (Å²) in [6, 6.07) is 0. The molecular formula is C8H20N2O2. The summed E-state index contributed by atoms with van der Waals surface area (Å²) < 4.78 is 0. The van der Waals surface area contributed by atoms with E-state index < -0.39 is 12.5 Å². The highest BCUT2D eigenvalue weighted by molar-refractivity contribution is 4.52. The molecule has 0 fully saturated rings. The summed E-state index contributed by atoms with van der Waals surface area (Å²) in [5, 5.41) is 20.7. The van der Waals surface area contributed by atoms with Crippen LogP contribution in [-0.4, -0.2) is 29.2 Å². The first-order chi connectivity index (χ1) is 5.66. The van der Waals surface area contributed by atoms with Gasteiger partial charge >= 0.3 is 0 Å². The third kappa shape index (κ3) is 7.94. The van der Waals surface area contributed by atoms with Crippen LogP contribution in [0.2, 0.25) is 0 Å². The highest BCUT2D eigenvalue weighted by Gasteiger charge is 1.98. The molecule has 2 atom stereocenters. The largest absolute Gasteiger partial charge is 0.379 e. The number of rotatable bonds is 7. The summed E-state index contributed by atoms with van der Waals surface area (Å²) in [6.07, 6.45) is 2.09. The number of aliphatic hydroxyl groups excluding tert-OH is 2. The van der Waals surface area contributed by atoms with Gasteiger partial charge in [-0.25, -0.2) is 0 Å². The Hall–Kier alpha value is -0.160. The third-order valence-electron chi connectivity index (χ3n) is 1.69. The molecule has 12 heavy (non-hydrogen) atoms. The van der Waals surface area contributed by atoms with E-state index in [0.717, 1.165) is 25.8 Å². The van der Waals surface area contributed by atoms with Crippen LogP contribution in [0.4, 0.5) is 0 Å². The molecule has 4 nitrogen and oxygen atoms in total. The molecule has 4 heteroatoms. The molecule has 0 aromatic heterocycles. The van der Waals surface area contributed by atoms with Crippen LogP contribution in [0.1, 0.15) is 32.6 Å². The van der Waals surface area contributed by atoms with E-state index >= 15 is 0 Å². The van der Waals surface area contributed by atoms with Gasteiger partial charge in [-0.05, 0) is 32.2 Å². The highest BCUT2D eigenvalue weighted by Crippen LogP contribution is 1.96. The molecule has 74 valence electrons. The van der Waals surface area contributed by atoms with Crippen LogP contribution in [0.3, 0.4) is 0 Å². The van der Waals surface area contributed by atoms with Crippen molar-refractivity contribution < 1.29 is 10.2 Å². The predicted molar refractivity (Wildman–Crippen MR) is 48.3 cm³/mol. The van der Waals surface area contributed by atoms with Gasteiger partial charge in [-0.3, -0.25) is 5.32 Å². The number of hydrogen-bond acceptors (Lipinski definition) is 4. The molecule has 0 heterocycles. The van der Waals surface area contributed by atoms with E-state index in [1.54, 1.807) is 0 Å². The van der Waals surface area contributed by atoms with E-state index in [4.69, 9.17) is 15.9 Å². The van der Waals surface area contributed by atoms with Crippen molar-refractivity contribution in [1.82, 2.24) is 5.32 Å². The van der Waals surface area contributed by atoms with Gasteiger partial charge in [0.2, 0.25) is 0 Å². The normalized spacial score (nSPS) is 16.0. The summed E-state index contributed by atoms with van der Waals surface area (Å²) >= 11 is 0. The van der Waals surface area contributed by atoms with Crippen LogP contribution in [-0.2, 0) is 0 Å². The Morgan fingerprint density at radius 3 is 2.50 bits per heavy atom. The van der Waals surface area contributed by atoms with Gasteiger partial charge in [-0.1, -0.05) is 6.92 Å². The number of unbranched alkanes of at least 4 members (excludes halogenated alkanes) is 1. The second-order valence-electron chi connectivity index (χ2n) is 2.94. The molecule has 0 saturated carbocycles. The van der Waals surface area contributed by atoms with Crippen LogP contribution >= 0.6 is 0 Å². The van der Waals surface area contributed by atoms with Crippen molar-refractivity contribution in [3.63, 3.8) is 0 Å². The Bertz CT molecular complexity index is 99.1. The van der Waals surface area contributed by atoms with Crippen molar-refractivity contribution in [3.05, 3.63) is 0 Å². The van der Waals surface area contributed by atoms with Gasteiger partial charge < -0.3 is 15.9 Å². The zero-order chi connectivity index (χ0) is 9.40. The Balaban J connectivity index is 3.00. The molecule has 0 aromatic rings. The molecule has 0 aromatic carbocycles. The molecule has 0 radical (unpaired) electrons. The first-order valence-corrected chi connectivity index (χ1v) is 4.52. The van der Waals surface area contributed by atoms with Crippen molar-refractivity contribution >= 4 is 0 Å². The quantitative estimate of drug-likeness (QED) is 0.319. The van der Waals surface area contributed by atoms with Crippen LogP contribution in [0.15, 0.2) is 0 Å². The topological polar surface area (TPSA) is 78.5 Å². The number of aliphatic hydroxyl groups is 2. The van der Waals surface area contributed by atoms with E-state index in [9.17, 15) is 0 Å². The van der Waals surface area contributed by atoms with Gasteiger partial charge in [0.25, 0.3) is 0 Å². The fraction of sp³-hybridized carbons (Fsp3) is 1.00. The number of nitrogens with one attached hydrogen (secondary N) is 1. The lowest BCUT2D eigenvalue weighted by Gasteiger charge is -2.10. The first-order valence-electron chi connectivity index (χ1n) is 4.52. The molecule has 0 amide bonds. The van der Waals surface area contributed by atoms with Crippen LogP contribution < -0.4 is 11.1 Å². The van der Waals surface area contributed by atoms with Crippen molar-refractivity contribution in [2.75, 3.05) is 6.54 Å². The fourth-order valence-electron chi connectivity index (χ4n) is 0.891. The SMILES string of the molecule is CCC(O)NCCCCC(N)O. The maximum atomic E-state index is 9.08. The molecule has 0 bridgehead atoms. The lowest BCUT2D eigenvalue weighted by molar-refractivity contribution is 0.131. The minimum atomic E-state index is -0.693. The Labute approximate surface area is 73.8 Å². The molecule has 5 N–H and O–H groups in total. The van der Waals surface area contributed by atoms with Gasteiger partial charge in [0.15, 0.2) is 0 Å². The molecule has 0 aliphatic heterocycles. The average Bonchev–Trinajstić information content (AvgIpc) is 2.03. The summed E-state index contributed by atoms with van der Waals surface area (Å²) in [5.41, 5.74) is 5.15. The lowest BCUT2D eigenvalue weighted by atomic mass is 10.2. The van der Waals surface area contributed by atoms with Crippen LogP contribution in [0, 0.1) is 0 Å². The summed E-state index contributed by atoms with van der Waals surface area (Å²) in [5.74, 6) is 0. The van der Waals surface area contributed by atoms with E-state index in [-0.39, 0.29) is 0 Å². The van der Waals surface area contributed by atoms with Gasteiger partial charge in [0, 0.05) is 0 Å². The Morgan fingerprint density at radius 2 is 2.00 bits per heavy atom. The predicted octanol–water partition coefficient (Wildman–Crippen LogP) is -0.248. The van der Waals surface area contributed by atoms with E-state index in [0.29, 0.717) is 6.42 Å². The summed E-state index contributed by atoms with van der Waals surface area (Å²) in [7, 11) is 0. The van der Waals surface area contributed by atoms with Gasteiger partial charge in [0.1, 0.15) is 12.5 Å². The average molecular weight is 176 g/mol. The molecule has 0 aliphatic carbocycles. The number of nitrogens with two attached hydrogens (primary N) is 1. The van der Waals surface area contributed by atoms with Gasteiger partial charge in [0.05, 0.1) is 0 Å². The van der Waals surface area contributed by atoms with Crippen LogP contribution in [0.5, 0.6) is 0 Å². The molecule has 0 spiro atoms. The number of hydrogen-bond donors (Lipinski definition) is 4. The second kappa shape index (κ2) is 7.49. The van der Waals surface area contributed by atoms with Crippen molar-refractivity contribution in [2.24, 2.45) is 5.73 Å². The lowest BCUT2D eigenvalue weighted by Crippen LogP contribution is -2.29. The minimum Gasteiger partial charge on any atom is -0.379 e. The van der Waals surface area contributed by atoms with Gasteiger partial charge in [-0.15, -0.1) is 0 Å². The monoisotopic (exact) mass is 176 g/mol. The minimum absolute atomic E-state index is 0.396. The molecule has 0 saturated heterocycles. The van der Waals surface area contributed by atoms with E-state index in [1.165, 1.54) is 0 Å². The summed E-state index contributed by atoms with van der Waals surface area (Å²) in [4.78, 5) is 0. The maximum absolute atomic E-state index is 9.08. The maximum Gasteiger partial charge on any atom is 0.104 e. The van der Waals surface area contributed by atoms with Crippen molar-refractivity contribution in [1.29, 1.82) is 0 Å². The van der Waals surface area contributed by atoms with Crippen molar-refractivity contribution in [3.8, 4) is 0 Å². The Morgan fingerprint density at radius 1 is 1.33 bits per heavy atom. The smallest absolute Gasteiger partial charge is 0.104 e. The summed E-state index contributed by atoms with van der Waals surface area (Å²) in [6.45, 7) is 2.70. The van der Waals surface area contributed by atoms with Crippen LogP contribution in [0.25, 0.3) is 0 Å². The van der Waals surface area contributed by atoms with Crippen molar-refractivity contribution in [2.45, 2.75) is 45.1 Å².